The first-order chi connectivity index (χ1) is 17.0. The second-order valence-corrected chi connectivity index (χ2v) is 10.8. The van der Waals surface area contributed by atoms with Crippen molar-refractivity contribution in [1.82, 2.24) is 9.80 Å². The van der Waals surface area contributed by atoms with E-state index in [1.165, 1.54) is 11.3 Å². The van der Waals surface area contributed by atoms with Gasteiger partial charge in [-0.2, -0.15) is 0 Å². The molecule has 2 aromatic carbocycles. The molecule has 0 spiro atoms. The van der Waals surface area contributed by atoms with Crippen molar-refractivity contribution in [2.75, 3.05) is 11.9 Å². The van der Waals surface area contributed by atoms with Gasteiger partial charge in [-0.05, 0) is 56.5 Å². The Balaban J connectivity index is 1.53. The van der Waals surface area contributed by atoms with Crippen LogP contribution in [0.2, 0.25) is 0 Å². The zero-order chi connectivity index (χ0) is 24.6. The largest absolute Gasteiger partial charge is 0.332 e. The zero-order valence-corrected chi connectivity index (χ0v) is 21.5. The number of aryl methyl sites for hydroxylation is 2. The Morgan fingerprint density at radius 3 is 2.26 bits per heavy atom. The van der Waals surface area contributed by atoms with Crippen LogP contribution in [0, 0.1) is 13.8 Å². The lowest BCUT2D eigenvalue weighted by molar-refractivity contribution is -0.133. The number of rotatable bonds is 8. The van der Waals surface area contributed by atoms with Gasteiger partial charge in [-0.3, -0.25) is 4.79 Å². The van der Waals surface area contributed by atoms with E-state index in [9.17, 15) is 9.59 Å². The number of nitrogens with one attached hydrogen (secondary N) is 1. The summed E-state index contributed by atoms with van der Waals surface area (Å²) in [6.07, 6.45) is 5.26. The Bertz CT molecular complexity index is 1100. The van der Waals surface area contributed by atoms with Gasteiger partial charge in [0.05, 0.1) is 6.54 Å². The van der Waals surface area contributed by atoms with Crippen LogP contribution < -0.4 is 5.32 Å². The number of carbonyl (C=O) groups is 2. The molecule has 1 fully saturated rings. The summed E-state index contributed by atoms with van der Waals surface area (Å²) in [6.45, 7) is 5.26. The molecule has 184 valence electrons. The maximum absolute atomic E-state index is 13.7. The molecule has 1 aliphatic rings. The van der Waals surface area contributed by atoms with Crippen LogP contribution >= 0.6 is 11.3 Å². The van der Waals surface area contributed by atoms with Gasteiger partial charge in [-0.15, -0.1) is 11.3 Å². The van der Waals surface area contributed by atoms with E-state index in [1.54, 1.807) is 16.2 Å². The molecule has 3 aromatic rings. The van der Waals surface area contributed by atoms with Crippen molar-refractivity contribution in [3.8, 4) is 0 Å². The smallest absolute Gasteiger partial charge is 0.322 e. The van der Waals surface area contributed by atoms with Crippen LogP contribution in [0.15, 0.2) is 66.7 Å². The molecule has 5 nitrogen and oxygen atoms in total. The predicted molar refractivity (Wildman–Crippen MR) is 144 cm³/mol. The van der Waals surface area contributed by atoms with Crippen molar-refractivity contribution >= 4 is 29.0 Å². The minimum atomic E-state index is -0.194. The molecule has 0 saturated heterocycles. The second kappa shape index (κ2) is 12.0. The highest BCUT2D eigenvalue weighted by Crippen LogP contribution is 2.25. The summed E-state index contributed by atoms with van der Waals surface area (Å²) in [5.41, 5.74) is 2.98. The van der Waals surface area contributed by atoms with Crippen LogP contribution in [0.5, 0.6) is 0 Å². The summed E-state index contributed by atoms with van der Waals surface area (Å²) < 4.78 is 0. The van der Waals surface area contributed by atoms with E-state index in [4.69, 9.17) is 0 Å². The van der Waals surface area contributed by atoms with Gasteiger partial charge in [0, 0.05) is 28.0 Å². The van der Waals surface area contributed by atoms with E-state index in [0.29, 0.717) is 13.1 Å². The van der Waals surface area contributed by atoms with E-state index in [0.717, 1.165) is 47.4 Å². The Morgan fingerprint density at radius 2 is 1.60 bits per heavy atom. The van der Waals surface area contributed by atoms with Crippen LogP contribution in [0.25, 0.3) is 0 Å². The number of nitrogens with zero attached hydrogens (tertiary/aromatic N) is 2. The summed E-state index contributed by atoms with van der Waals surface area (Å²) in [5.74, 6) is -0.0236. The molecule has 35 heavy (non-hydrogen) atoms. The van der Waals surface area contributed by atoms with E-state index in [1.807, 2.05) is 66.4 Å². The molecule has 1 saturated carbocycles. The molecule has 0 radical (unpaired) electrons. The third kappa shape index (κ3) is 7.18. The van der Waals surface area contributed by atoms with Crippen molar-refractivity contribution in [1.29, 1.82) is 0 Å². The first-order valence-electron chi connectivity index (χ1n) is 12.5. The summed E-state index contributed by atoms with van der Waals surface area (Å²) in [7, 11) is 0. The Kier molecular flexibility index (Phi) is 8.59. The third-order valence-electron chi connectivity index (χ3n) is 6.60. The highest BCUT2D eigenvalue weighted by Gasteiger charge is 2.29. The minimum absolute atomic E-state index is 0.0236. The molecule has 1 N–H and O–H groups in total. The Labute approximate surface area is 212 Å². The van der Waals surface area contributed by atoms with Crippen molar-refractivity contribution < 1.29 is 9.59 Å². The van der Waals surface area contributed by atoms with Gasteiger partial charge in [0.1, 0.15) is 6.54 Å². The summed E-state index contributed by atoms with van der Waals surface area (Å²) in [6, 6.07) is 21.9. The number of urea groups is 1. The highest BCUT2D eigenvalue weighted by molar-refractivity contribution is 7.11. The number of anilines is 1. The lowest BCUT2D eigenvalue weighted by atomic mass is 9.94. The highest BCUT2D eigenvalue weighted by atomic mass is 32.1. The van der Waals surface area contributed by atoms with Crippen LogP contribution in [0.3, 0.4) is 0 Å². The van der Waals surface area contributed by atoms with Crippen molar-refractivity contribution in [2.45, 2.75) is 65.1 Å². The molecule has 6 heteroatoms. The fourth-order valence-electron chi connectivity index (χ4n) is 4.63. The van der Waals surface area contributed by atoms with Crippen molar-refractivity contribution in [2.24, 2.45) is 0 Å². The molecule has 0 bridgehead atoms. The molecular weight excluding hydrogens is 454 g/mol. The quantitative estimate of drug-likeness (QED) is 0.380. The first-order valence-corrected chi connectivity index (χ1v) is 13.3. The number of hydrogen-bond acceptors (Lipinski definition) is 3. The van der Waals surface area contributed by atoms with Gasteiger partial charge in [0.15, 0.2) is 0 Å². The van der Waals surface area contributed by atoms with Crippen molar-refractivity contribution in [3.63, 3.8) is 0 Å². The lowest BCUT2D eigenvalue weighted by Gasteiger charge is -2.35. The maximum atomic E-state index is 13.7. The number of amides is 3. The number of thiophene rings is 1. The van der Waals surface area contributed by atoms with Gasteiger partial charge in [0.25, 0.3) is 0 Å². The maximum Gasteiger partial charge on any atom is 0.322 e. The molecule has 0 aliphatic heterocycles. The summed E-state index contributed by atoms with van der Waals surface area (Å²) in [4.78, 5) is 33.2. The third-order valence-corrected chi connectivity index (χ3v) is 7.58. The van der Waals surface area contributed by atoms with Crippen LogP contribution in [-0.2, 0) is 17.9 Å². The van der Waals surface area contributed by atoms with Gasteiger partial charge >= 0.3 is 6.03 Å². The number of carbonyl (C=O) groups excluding carboxylic acids is 2. The van der Waals surface area contributed by atoms with E-state index >= 15 is 0 Å². The molecule has 0 atom stereocenters. The molecule has 1 aliphatic carbocycles. The summed E-state index contributed by atoms with van der Waals surface area (Å²) >= 11 is 1.71. The van der Waals surface area contributed by atoms with E-state index < -0.39 is 0 Å². The number of benzene rings is 2. The van der Waals surface area contributed by atoms with E-state index in [2.05, 4.69) is 24.4 Å². The van der Waals surface area contributed by atoms with Gasteiger partial charge in [0.2, 0.25) is 5.91 Å². The lowest BCUT2D eigenvalue weighted by Crippen LogP contribution is -2.49. The van der Waals surface area contributed by atoms with Crippen LogP contribution in [-0.4, -0.2) is 34.3 Å². The van der Waals surface area contributed by atoms with Crippen molar-refractivity contribution in [3.05, 3.63) is 87.6 Å². The van der Waals surface area contributed by atoms with Gasteiger partial charge in [-0.1, -0.05) is 67.3 Å². The van der Waals surface area contributed by atoms with Crippen LogP contribution in [0.1, 0.15) is 53.0 Å². The Hall–Kier alpha value is -3.12. The topological polar surface area (TPSA) is 52.7 Å². The van der Waals surface area contributed by atoms with E-state index in [-0.39, 0.29) is 24.5 Å². The molecule has 1 heterocycles. The number of hydrogen-bond donors (Lipinski definition) is 1. The Morgan fingerprint density at radius 1 is 0.886 bits per heavy atom. The molecule has 0 unspecified atom stereocenters. The van der Waals surface area contributed by atoms with Gasteiger partial charge < -0.3 is 15.1 Å². The average molecular weight is 490 g/mol. The SMILES string of the molecule is Cc1ccc(NC(=O)N(CC(=O)N(Cc2ccccc2)Cc2ccc(C)s2)C2CCCCC2)cc1. The minimum Gasteiger partial charge on any atom is -0.332 e. The molecular formula is C29H35N3O2S. The standard InChI is InChI=1S/C29H35N3O2S/c1-22-13-16-25(17-14-22)30-29(34)32(26-11-7-4-8-12-26)21-28(33)31(19-24-9-5-3-6-10-24)20-27-18-15-23(2)35-27/h3,5-6,9-10,13-18,26H,4,7-8,11-12,19-21H2,1-2H3,(H,30,34). The normalized spacial score (nSPS) is 13.9. The van der Waals surface area contributed by atoms with Gasteiger partial charge in [-0.25, -0.2) is 4.79 Å². The summed E-state index contributed by atoms with van der Waals surface area (Å²) in [5, 5.41) is 3.03. The fraction of sp³-hybridized carbons (Fsp3) is 0.379. The predicted octanol–water partition coefficient (Wildman–Crippen LogP) is 6.76. The first kappa shape index (κ1) is 25.0. The molecule has 3 amide bonds. The average Bonchev–Trinajstić information content (AvgIpc) is 3.29. The van der Waals surface area contributed by atoms with Crippen LogP contribution in [0.4, 0.5) is 10.5 Å². The molecule has 4 rings (SSSR count). The monoisotopic (exact) mass is 489 g/mol. The molecule has 1 aromatic heterocycles. The fourth-order valence-corrected chi connectivity index (χ4v) is 5.54. The second-order valence-electron chi connectivity index (χ2n) is 9.46. The zero-order valence-electron chi connectivity index (χ0n) is 20.7.